The Morgan fingerprint density at radius 1 is 1.40 bits per heavy atom. The Kier molecular flexibility index (Phi) is 6.72. The monoisotopic (exact) mass is 306 g/mol. The standard InChI is InChI=1S/C15H31O4P/c1-5-6-7-13(3)11-15(19-20(16,17)18)9-8-12(2)10-14(15)4/h12-14H,5-11H2,1-4H3,(H2,16,17,18). The molecule has 4 unspecified atom stereocenters. The highest BCUT2D eigenvalue weighted by atomic mass is 31.2. The minimum Gasteiger partial charge on any atom is -0.303 e. The molecule has 1 aliphatic rings. The molecule has 1 saturated carbocycles. The van der Waals surface area contributed by atoms with E-state index in [0.717, 1.165) is 44.9 Å². The van der Waals surface area contributed by atoms with Gasteiger partial charge in [0.05, 0.1) is 5.60 Å². The van der Waals surface area contributed by atoms with Gasteiger partial charge >= 0.3 is 7.82 Å². The summed E-state index contributed by atoms with van der Waals surface area (Å²) in [5, 5.41) is 0. The Morgan fingerprint density at radius 2 is 2.05 bits per heavy atom. The Bertz CT molecular complexity index is 341. The summed E-state index contributed by atoms with van der Waals surface area (Å²) in [6, 6.07) is 0. The molecular formula is C15H31O4P. The van der Waals surface area contributed by atoms with Crippen molar-refractivity contribution in [1.29, 1.82) is 0 Å². The molecule has 0 aromatic heterocycles. The molecule has 120 valence electrons. The summed E-state index contributed by atoms with van der Waals surface area (Å²) in [4.78, 5) is 18.6. The maximum atomic E-state index is 11.4. The summed E-state index contributed by atoms with van der Waals surface area (Å²) in [5.74, 6) is 1.25. The molecule has 20 heavy (non-hydrogen) atoms. The molecule has 0 bridgehead atoms. The zero-order valence-electron chi connectivity index (χ0n) is 13.3. The van der Waals surface area contributed by atoms with Crippen LogP contribution >= 0.6 is 7.82 Å². The molecule has 0 saturated heterocycles. The molecule has 1 rings (SSSR count). The lowest BCUT2D eigenvalue weighted by Crippen LogP contribution is -2.44. The maximum absolute atomic E-state index is 11.4. The van der Waals surface area contributed by atoms with Crippen molar-refractivity contribution in [2.24, 2.45) is 17.8 Å². The van der Waals surface area contributed by atoms with Crippen LogP contribution in [0.5, 0.6) is 0 Å². The minimum absolute atomic E-state index is 0.197. The van der Waals surface area contributed by atoms with E-state index in [2.05, 4.69) is 27.7 Å². The Labute approximate surface area is 123 Å². The molecule has 1 fully saturated rings. The van der Waals surface area contributed by atoms with Gasteiger partial charge in [0.15, 0.2) is 0 Å². The first-order chi connectivity index (χ1) is 9.18. The topological polar surface area (TPSA) is 66.8 Å². The average Bonchev–Trinajstić information content (AvgIpc) is 2.30. The predicted molar refractivity (Wildman–Crippen MR) is 81.3 cm³/mol. The molecule has 5 heteroatoms. The average molecular weight is 306 g/mol. The van der Waals surface area contributed by atoms with Crippen molar-refractivity contribution in [3.63, 3.8) is 0 Å². The zero-order chi connectivity index (χ0) is 15.4. The van der Waals surface area contributed by atoms with Crippen LogP contribution in [-0.2, 0) is 9.09 Å². The zero-order valence-corrected chi connectivity index (χ0v) is 14.2. The largest absolute Gasteiger partial charge is 0.470 e. The van der Waals surface area contributed by atoms with Crippen LogP contribution in [0.25, 0.3) is 0 Å². The van der Waals surface area contributed by atoms with E-state index in [9.17, 15) is 14.4 Å². The van der Waals surface area contributed by atoms with Crippen LogP contribution in [0.4, 0.5) is 0 Å². The molecule has 0 amide bonds. The second-order valence-electron chi connectivity index (χ2n) is 6.88. The van der Waals surface area contributed by atoms with Crippen LogP contribution in [0, 0.1) is 17.8 Å². The third-order valence-electron chi connectivity index (χ3n) is 4.76. The highest BCUT2D eigenvalue weighted by Crippen LogP contribution is 2.52. The summed E-state index contributed by atoms with van der Waals surface area (Å²) >= 11 is 0. The van der Waals surface area contributed by atoms with Crippen molar-refractivity contribution in [3.8, 4) is 0 Å². The van der Waals surface area contributed by atoms with Gasteiger partial charge in [0.25, 0.3) is 0 Å². The van der Waals surface area contributed by atoms with Gasteiger partial charge < -0.3 is 9.79 Å². The van der Waals surface area contributed by atoms with E-state index in [4.69, 9.17) is 4.52 Å². The summed E-state index contributed by atoms with van der Waals surface area (Å²) in [6.45, 7) is 8.63. The second-order valence-corrected chi connectivity index (χ2v) is 8.04. The van der Waals surface area contributed by atoms with Crippen molar-refractivity contribution in [3.05, 3.63) is 0 Å². The van der Waals surface area contributed by atoms with E-state index < -0.39 is 13.4 Å². The van der Waals surface area contributed by atoms with Crippen molar-refractivity contribution >= 4 is 7.82 Å². The molecule has 2 N–H and O–H groups in total. The Morgan fingerprint density at radius 3 is 2.55 bits per heavy atom. The fourth-order valence-corrected chi connectivity index (χ4v) is 4.45. The molecule has 4 nitrogen and oxygen atoms in total. The maximum Gasteiger partial charge on any atom is 0.470 e. The molecule has 0 spiro atoms. The van der Waals surface area contributed by atoms with Crippen LogP contribution in [-0.4, -0.2) is 15.4 Å². The molecule has 0 radical (unpaired) electrons. The van der Waals surface area contributed by atoms with Gasteiger partial charge in [0, 0.05) is 0 Å². The fourth-order valence-electron chi connectivity index (χ4n) is 3.63. The van der Waals surface area contributed by atoms with Gasteiger partial charge in [-0.15, -0.1) is 0 Å². The third kappa shape index (κ3) is 5.48. The van der Waals surface area contributed by atoms with E-state index >= 15 is 0 Å². The first-order valence-corrected chi connectivity index (χ1v) is 9.48. The van der Waals surface area contributed by atoms with E-state index in [1.54, 1.807) is 0 Å². The lowest BCUT2D eigenvalue weighted by atomic mass is 9.68. The summed E-state index contributed by atoms with van der Waals surface area (Å²) in [6.07, 6.45) is 6.92. The summed E-state index contributed by atoms with van der Waals surface area (Å²) in [5.41, 5.74) is -0.640. The van der Waals surface area contributed by atoms with E-state index in [-0.39, 0.29) is 5.92 Å². The number of rotatable bonds is 7. The van der Waals surface area contributed by atoms with E-state index in [0.29, 0.717) is 11.8 Å². The lowest BCUT2D eigenvalue weighted by molar-refractivity contribution is -0.0638. The van der Waals surface area contributed by atoms with Crippen LogP contribution in [0.15, 0.2) is 0 Å². The van der Waals surface area contributed by atoms with Crippen molar-refractivity contribution in [2.75, 3.05) is 0 Å². The second kappa shape index (κ2) is 7.40. The van der Waals surface area contributed by atoms with E-state index in [1.807, 2.05) is 0 Å². The highest BCUT2D eigenvalue weighted by molar-refractivity contribution is 7.46. The Hall–Kier alpha value is 0.110. The predicted octanol–water partition coefficient (Wildman–Crippen LogP) is 4.51. The molecule has 0 aromatic rings. The van der Waals surface area contributed by atoms with Crippen LogP contribution in [0.2, 0.25) is 0 Å². The minimum atomic E-state index is -4.44. The van der Waals surface area contributed by atoms with Gasteiger partial charge in [-0.2, -0.15) is 0 Å². The van der Waals surface area contributed by atoms with Gasteiger partial charge in [-0.1, -0.05) is 47.0 Å². The first-order valence-electron chi connectivity index (χ1n) is 7.95. The molecule has 0 heterocycles. The molecule has 1 aliphatic carbocycles. The number of phosphoric acid groups is 1. The lowest BCUT2D eigenvalue weighted by Gasteiger charge is -2.45. The molecule has 4 atom stereocenters. The molecular weight excluding hydrogens is 275 g/mol. The van der Waals surface area contributed by atoms with Gasteiger partial charge in [0.1, 0.15) is 0 Å². The number of hydrogen-bond acceptors (Lipinski definition) is 2. The summed E-state index contributed by atoms with van der Waals surface area (Å²) < 4.78 is 16.7. The number of hydrogen-bond donors (Lipinski definition) is 2. The van der Waals surface area contributed by atoms with Crippen LogP contribution in [0.3, 0.4) is 0 Å². The SMILES string of the molecule is CCCCC(C)CC1(OP(=O)(O)O)CCC(C)CC1C. The smallest absolute Gasteiger partial charge is 0.303 e. The van der Waals surface area contributed by atoms with Crippen LogP contribution < -0.4 is 0 Å². The third-order valence-corrected chi connectivity index (χ3v) is 5.36. The molecule has 0 aliphatic heterocycles. The molecule has 0 aromatic carbocycles. The van der Waals surface area contributed by atoms with Gasteiger partial charge in [-0.3, -0.25) is 4.52 Å². The van der Waals surface area contributed by atoms with Crippen LogP contribution in [0.1, 0.15) is 72.6 Å². The number of unbranched alkanes of at least 4 members (excludes halogenated alkanes) is 1. The number of phosphoric ester groups is 1. The first kappa shape index (κ1) is 18.2. The van der Waals surface area contributed by atoms with Gasteiger partial charge in [-0.25, -0.2) is 4.57 Å². The quantitative estimate of drug-likeness (QED) is 0.679. The van der Waals surface area contributed by atoms with E-state index in [1.165, 1.54) is 0 Å². The van der Waals surface area contributed by atoms with Crippen molar-refractivity contribution in [2.45, 2.75) is 78.2 Å². The highest BCUT2D eigenvalue weighted by Gasteiger charge is 2.46. The van der Waals surface area contributed by atoms with Gasteiger partial charge in [-0.05, 0) is 43.4 Å². The van der Waals surface area contributed by atoms with Crippen molar-refractivity contribution < 1.29 is 18.9 Å². The van der Waals surface area contributed by atoms with Gasteiger partial charge in [0.2, 0.25) is 0 Å². The Balaban J connectivity index is 2.81. The van der Waals surface area contributed by atoms with Crippen molar-refractivity contribution in [1.82, 2.24) is 0 Å². The normalized spacial score (nSPS) is 33.1. The fraction of sp³-hybridized carbons (Fsp3) is 1.00. The summed E-state index contributed by atoms with van der Waals surface area (Å²) in [7, 11) is -4.44.